The summed E-state index contributed by atoms with van der Waals surface area (Å²) in [7, 11) is 1.82. The Labute approximate surface area is 136 Å². The van der Waals surface area contributed by atoms with Gasteiger partial charge in [-0.05, 0) is 53.7 Å². The van der Waals surface area contributed by atoms with E-state index in [0.717, 1.165) is 11.6 Å². The number of carbonyl (C=O) groups is 1. The Hall–Kier alpha value is -2.10. The highest BCUT2D eigenvalue weighted by molar-refractivity contribution is 6.04. The second-order valence-electron chi connectivity index (χ2n) is 7.28. The molecule has 1 saturated carbocycles. The predicted octanol–water partition coefficient (Wildman–Crippen LogP) is 3.92. The number of anilines is 1. The summed E-state index contributed by atoms with van der Waals surface area (Å²) in [6.45, 7) is 4.66. The highest BCUT2D eigenvalue weighted by Gasteiger charge is 2.47. The molecule has 1 fully saturated rings. The number of nitrogens with one attached hydrogen (secondary N) is 1. The largest absolute Gasteiger partial charge is 0.322 e. The van der Waals surface area contributed by atoms with Crippen LogP contribution in [-0.2, 0) is 7.05 Å². The molecule has 1 aromatic carbocycles. The smallest absolute Gasteiger partial charge is 0.258 e. The van der Waals surface area contributed by atoms with E-state index in [1.807, 2.05) is 13.1 Å². The first-order valence-electron chi connectivity index (χ1n) is 8.49. The Bertz CT molecular complexity index is 762. The number of benzene rings is 1. The van der Waals surface area contributed by atoms with Crippen LogP contribution in [0, 0.1) is 11.8 Å². The van der Waals surface area contributed by atoms with Gasteiger partial charge in [0, 0.05) is 18.9 Å². The lowest BCUT2D eigenvalue weighted by Crippen LogP contribution is -2.15. The van der Waals surface area contributed by atoms with Gasteiger partial charge in [0.15, 0.2) is 0 Å². The molecule has 4 rings (SSSR count). The maximum atomic E-state index is 12.5. The molecule has 23 heavy (non-hydrogen) atoms. The van der Waals surface area contributed by atoms with Gasteiger partial charge in [-0.15, -0.1) is 0 Å². The number of hydrogen-bond acceptors (Lipinski definition) is 2. The number of hydrogen-bond donors (Lipinski definition) is 1. The zero-order chi connectivity index (χ0) is 16.1. The van der Waals surface area contributed by atoms with Crippen molar-refractivity contribution in [2.75, 3.05) is 5.32 Å². The molecule has 0 aliphatic heterocycles. The molecule has 3 atom stereocenters. The molecule has 2 aliphatic rings. The number of aryl methyl sites for hydroxylation is 1. The third-order valence-electron chi connectivity index (χ3n) is 5.61. The summed E-state index contributed by atoms with van der Waals surface area (Å²) in [5.41, 5.74) is 4.45. The molecule has 2 aliphatic carbocycles. The van der Waals surface area contributed by atoms with E-state index in [4.69, 9.17) is 0 Å². The van der Waals surface area contributed by atoms with Crippen molar-refractivity contribution >= 4 is 11.6 Å². The molecule has 1 heterocycles. The first-order valence-corrected chi connectivity index (χ1v) is 8.49. The van der Waals surface area contributed by atoms with E-state index in [2.05, 4.69) is 36.4 Å². The molecule has 1 N–H and O–H groups in total. The van der Waals surface area contributed by atoms with Gasteiger partial charge < -0.3 is 5.32 Å². The van der Waals surface area contributed by atoms with Crippen molar-refractivity contribution in [2.24, 2.45) is 18.9 Å². The van der Waals surface area contributed by atoms with Crippen LogP contribution in [0.4, 0.5) is 5.69 Å². The molecule has 4 nitrogen and oxygen atoms in total. The Morgan fingerprint density at radius 3 is 2.78 bits per heavy atom. The maximum absolute atomic E-state index is 12.5. The predicted molar refractivity (Wildman–Crippen MR) is 90.6 cm³/mol. The second-order valence-corrected chi connectivity index (χ2v) is 7.28. The van der Waals surface area contributed by atoms with E-state index in [-0.39, 0.29) is 5.91 Å². The molecule has 4 heteroatoms. The normalized spacial score (nSPS) is 25.0. The minimum absolute atomic E-state index is 0.0737. The summed E-state index contributed by atoms with van der Waals surface area (Å²) < 4.78 is 1.65. The van der Waals surface area contributed by atoms with Crippen molar-refractivity contribution in [1.82, 2.24) is 9.78 Å². The highest BCUT2D eigenvalue weighted by Crippen LogP contribution is 2.61. The number of amides is 1. The average Bonchev–Trinajstić information content (AvgIpc) is 3.20. The zero-order valence-electron chi connectivity index (χ0n) is 13.9. The van der Waals surface area contributed by atoms with Gasteiger partial charge in [0.1, 0.15) is 0 Å². The SMILES string of the molecule is CC(C)[C@@H]1C2CCC1c1c(NC(=O)c3cnn(C)c3)cccc12. The summed E-state index contributed by atoms with van der Waals surface area (Å²) >= 11 is 0. The molecule has 2 aromatic rings. The molecule has 1 aromatic heterocycles. The molecule has 1 amide bonds. The van der Waals surface area contributed by atoms with E-state index in [0.29, 0.717) is 23.3 Å². The quantitative estimate of drug-likeness (QED) is 0.934. The van der Waals surface area contributed by atoms with Crippen LogP contribution >= 0.6 is 0 Å². The van der Waals surface area contributed by atoms with Crippen LogP contribution in [0.2, 0.25) is 0 Å². The lowest BCUT2D eigenvalue weighted by molar-refractivity contribution is 0.102. The lowest BCUT2D eigenvalue weighted by Gasteiger charge is -2.21. The monoisotopic (exact) mass is 309 g/mol. The topological polar surface area (TPSA) is 46.9 Å². The van der Waals surface area contributed by atoms with Gasteiger partial charge in [0.2, 0.25) is 0 Å². The highest BCUT2D eigenvalue weighted by atomic mass is 16.1. The Morgan fingerprint density at radius 2 is 2.09 bits per heavy atom. The maximum Gasteiger partial charge on any atom is 0.258 e. The minimum atomic E-state index is -0.0737. The van der Waals surface area contributed by atoms with Crippen molar-refractivity contribution in [2.45, 2.75) is 38.5 Å². The van der Waals surface area contributed by atoms with Crippen LogP contribution in [0.5, 0.6) is 0 Å². The number of rotatable bonds is 3. The fourth-order valence-electron chi connectivity index (χ4n) is 4.82. The molecule has 2 bridgehead atoms. The van der Waals surface area contributed by atoms with Crippen molar-refractivity contribution in [3.63, 3.8) is 0 Å². The van der Waals surface area contributed by atoms with E-state index < -0.39 is 0 Å². The summed E-state index contributed by atoms with van der Waals surface area (Å²) in [6, 6.07) is 6.38. The van der Waals surface area contributed by atoms with Crippen LogP contribution in [0.25, 0.3) is 0 Å². The Balaban J connectivity index is 1.67. The van der Waals surface area contributed by atoms with Gasteiger partial charge in [-0.3, -0.25) is 9.48 Å². The lowest BCUT2D eigenvalue weighted by atomic mass is 9.85. The number of aromatic nitrogens is 2. The summed E-state index contributed by atoms with van der Waals surface area (Å²) in [4.78, 5) is 12.5. The van der Waals surface area contributed by atoms with Gasteiger partial charge in [-0.25, -0.2) is 0 Å². The molecule has 0 spiro atoms. The molecule has 120 valence electrons. The van der Waals surface area contributed by atoms with Crippen molar-refractivity contribution in [3.05, 3.63) is 47.3 Å². The summed E-state index contributed by atoms with van der Waals surface area (Å²) in [6.07, 6.45) is 5.91. The second kappa shape index (κ2) is 5.22. The van der Waals surface area contributed by atoms with Crippen LogP contribution in [0.1, 0.15) is 60.0 Å². The van der Waals surface area contributed by atoms with Gasteiger partial charge in [0.25, 0.3) is 5.91 Å². The molecule has 0 saturated heterocycles. The van der Waals surface area contributed by atoms with Gasteiger partial charge >= 0.3 is 0 Å². The number of carbonyl (C=O) groups excluding carboxylic acids is 1. The third-order valence-corrected chi connectivity index (χ3v) is 5.61. The molecular weight excluding hydrogens is 286 g/mol. The van der Waals surface area contributed by atoms with Crippen LogP contribution in [-0.4, -0.2) is 15.7 Å². The fourth-order valence-corrected chi connectivity index (χ4v) is 4.82. The summed E-state index contributed by atoms with van der Waals surface area (Å²) in [5.74, 6) is 2.60. The number of fused-ring (bicyclic) bond motifs is 5. The molecular formula is C19H23N3O. The van der Waals surface area contributed by atoms with Crippen molar-refractivity contribution in [1.29, 1.82) is 0 Å². The Kier molecular flexibility index (Phi) is 3.29. The standard InChI is InChI=1S/C19H23N3O/c1-11(2)17-14-7-8-15(17)18-13(14)5-4-6-16(18)21-19(23)12-9-20-22(3)10-12/h4-6,9-11,14-15,17H,7-8H2,1-3H3,(H,21,23)/t14?,15?,17-/m1/s1. The summed E-state index contributed by atoms with van der Waals surface area (Å²) in [5, 5.41) is 7.21. The van der Waals surface area contributed by atoms with E-state index in [1.165, 1.54) is 24.0 Å². The first kappa shape index (κ1) is 14.5. The van der Waals surface area contributed by atoms with Crippen LogP contribution < -0.4 is 5.32 Å². The van der Waals surface area contributed by atoms with E-state index >= 15 is 0 Å². The average molecular weight is 309 g/mol. The van der Waals surface area contributed by atoms with Gasteiger partial charge in [-0.2, -0.15) is 5.10 Å². The number of nitrogens with zero attached hydrogens (tertiary/aromatic N) is 2. The molecule has 2 unspecified atom stereocenters. The van der Waals surface area contributed by atoms with Gasteiger partial charge in [0.05, 0.1) is 11.8 Å². The third kappa shape index (κ3) is 2.19. The van der Waals surface area contributed by atoms with Crippen molar-refractivity contribution in [3.8, 4) is 0 Å². The van der Waals surface area contributed by atoms with Crippen molar-refractivity contribution < 1.29 is 4.79 Å². The van der Waals surface area contributed by atoms with E-state index in [9.17, 15) is 4.79 Å². The fraction of sp³-hybridized carbons (Fsp3) is 0.474. The zero-order valence-corrected chi connectivity index (χ0v) is 13.9. The van der Waals surface area contributed by atoms with Gasteiger partial charge in [-0.1, -0.05) is 26.0 Å². The first-order chi connectivity index (χ1) is 11.1. The van der Waals surface area contributed by atoms with Crippen LogP contribution in [0.15, 0.2) is 30.6 Å². The Morgan fingerprint density at radius 1 is 1.30 bits per heavy atom. The van der Waals surface area contributed by atoms with E-state index in [1.54, 1.807) is 17.1 Å². The van der Waals surface area contributed by atoms with Crippen LogP contribution in [0.3, 0.4) is 0 Å². The minimum Gasteiger partial charge on any atom is -0.322 e. The molecule has 0 radical (unpaired) electrons.